The maximum absolute atomic E-state index is 13.0. The van der Waals surface area contributed by atoms with Crippen molar-refractivity contribution in [2.75, 3.05) is 32.6 Å². The van der Waals surface area contributed by atoms with E-state index < -0.39 is 0 Å². The number of amides is 1. The third kappa shape index (κ3) is 5.17. The van der Waals surface area contributed by atoms with Gasteiger partial charge in [0.05, 0.1) is 12.8 Å². The molecule has 33 heavy (non-hydrogen) atoms. The minimum Gasteiger partial charge on any atom is -0.496 e. The fourth-order valence-electron chi connectivity index (χ4n) is 3.58. The topological polar surface area (TPSA) is 85.2 Å². The van der Waals surface area contributed by atoms with Gasteiger partial charge in [0.1, 0.15) is 12.1 Å². The number of carbonyl (C=O) groups is 1. The molecular formula is C25H26N6O2. The number of methoxy groups -OCH3 is 1. The predicted octanol–water partition coefficient (Wildman–Crippen LogP) is 3.38. The number of rotatable bonds is 8. The minimum atomic E-state index is -0.161. The summed E-state index contributed by atoms with van der Waals surface area (Å²) in [6, 6.07) is 21.6. The molecule has 0 atom stereocenters. The SMILES string of the molecule is COc1ccccc1-c1cc(C(=O)NCCc2ccc(N(C)C)cc2)cc(-n2cnnn2)c1. The number of tetrazole rings is 1. The Kier molecular flexibility index (Phi) is 6.64. The minimum absolute atomic E-state index is 0.161. The van der Waals surface area contributed by atoms with Crippen LogP contribution in [0.2, 0.25) is 0 Å². The van der Waals surface area contributed by atoms with E-state index in [1.165, 1.54) is 11.0 Å². The quantitative estimate of drug-likeness (QED) is 0.450. The van der Waals surface area contributed by atoms with E-state index in [-0.39, 0.29) is 5.91 Å². The Bertz CT molecular complexity index is 1220. The highest BCUT2D eigenvalue weighted by atomic mass is 16.5. The fourth-order valence-corrected chi connectivity index (χ4v) is 3.58. The number of ether oxygens (including phenoxy) is 1. The number of aromatic nitrogens is 4. The second-order valence-corrected chi connectivity index (χ2v) is 7.79. The summed E-state index contributed by atoms with van der Waals surface area (Å²) in [5.41, 5.74) is 5.23. The summed E-state index contributed by atoms with van der Waals surface area (Å²) in [4.78, 5) is 15.1. The third-order valence-electron chi connectivity index (χ3n) is 5.36. The predicted molar refractivity (Wildman–Crippen MR) is 128 cm³/mol. The van der Waals surface area contributed by atoms with E-state index >= 15 is 0 Å². The number of nitrogens with one attached hydrogen (secondary N) is 1. The standard InChI is InChI=1S/C25H26N6O2/c1-30(2)21-10-8-18(9-11-21)12-13-26-25(32)20-14-19(23-6-4-5-7-24(23)33-3)15-22(16-20)31-17-27-28-29-31/h4-11,14-17H,12-13H2,1-3H3,(H,26,32). The molecule has 1 heterocycles. The van der Waals surface area contributed by atoms with Gasteiger partial charge in [-0.2, -0.15) is 0 Å². The van der Waals surface area contributed by atoms with Crippen LogP contribution in [-0.4, -0.2) is 53.9 Å². The molecule has 168 valence electrons. The number of benzene rings is 3. The highest BCUT2D eigenvalue weighted by molar-refractivity contribution is 5.96. The van der Waals surface area contributed by atoms with E-state index in [0.717, 1.165) is 34.5 Å². The van der Waals surface area contributed by atoms with Crippen LogP contribution in [0.5, 0.6) is 5.75 Å². The van der Waals surface area contributed by atoms with Gasteiger partial charge in [-0.05, 0) is 64.4 Å². The van der Waals surface area contributed by atoms with Crippen LogP contribution in [0.15, 0.2) is 73.1 Å². The summed E-state index contributed by atoms with van der Waals surface area (Å²) >= 11 is 0. The maximum atomic E-state index is 13.0. The number of hydrogen-bond acceptors (Lipinski definition) is 6. The van der Waals surface area contributed by atoms with Crippen LogP contribution >= 0.6 is 0 Å². The summed E-state index contributed by atoms with van der Waals surface area (Å²) < 4.78 is 7.05. The van der Waals surface area contributed by atoms with Crippen molar-refractivity contribution in [1.29, 1.82) is 0 Å². The van der Waals surface area contributed by atoms with Crippen molar-refractivity contribution >= 4 is 11.6 Å². The first-order valence-electron chi connectivity index (χ1n) is 10.6. The van der Waals surface area contributed by atoms with Crippen LogP contribution in [0.3, 0.4) is 0 Å². The van der Waals surface area contributed by atoms with Gasteiger partial charge >= 0.3 is 0 Å². The van der Waals surface area contributed by atoms with E-state index in [9.17, 15) is 4.79 Å². The normalized spacial score (nSPS) is 10.6. The lowest BCUT2D eigenvalue weighted by molar-refractivity contribution is 0.0954. The van der Waals surface area contributed by atoms with Crippen molar-refractivity contribution < 1.29 is 9.53 Å². The molecule has 0 aliphatic rings. The number of hydrogen-bond donors (Lipinski definition) is 1. The molecule has 0 radical (unpaired) electrons. The van der Waals surface area contributed by atoms with Gasteiger partial charge in [0, 0.05) is 37.5 Å². The van der Waals surface area contributed by atoms with Gasteiger partial charge in [0.15, 0.2) is 0 Å². The molecular weight excluding hydrogens is 416 g/mol. The van der Waals surface area contributed by atoms with Gasteiger partial charge in [-0.15, -0.1) is 5.10 Å². The van der Waals surface area contributed by atoms with E-state index in [4.69, 9.17) is 4.74 Å². The highest BCUT2D eigenvalue weighted by Gasteiger charge is 2.14. The monoisotopic (exact) mass is 442 g/mol. The van der Waals surface area contributed by atoms with Crippen LogP contribution in [0.4, 0.5) is 5.69 Å². The molecule has 0 spiro atoms. The molecule has 3 aromatic carbocycles. The Balaban J connectivity index is 1.55. The average Bonchev–Trinajstić information content (AvgIpc) is 3.39. The Hall–Kier alpha value is -4.20. The second-order valence-electron chi connectivity index (χ2n) is 7.79. The van der Waals surface area contributed by atoms with E-state index in [1.54, 1.807) is 13.2 Å². The largest absolute Gasteiger partial charge is 0.496 e. The highest BCUT2D eigenvalue weighted by Crippen LogP contribution is 2.31. The van der Waals surface area contributed by atoms with Crippen molar-refractivity contribution in [2.45, 2.75) is 6.42 Å². The molecule has 8 heteroatoms. The van der Waals surface area contributed by atoms with Crippen LogP contribution in [0.25, 0.3) is 16.8 Å². The second kappa shape index (κ2) is 9.95. The molecule has 4 rings (SSSR count). The van der Waals surface area contributed by atoms with Crippen molar-refractivity contribution in [3.8, 4) is 22.6 Å². The zero-order valence-electron chi connectivity index (χ0n) is 18.9. The first-order chi connectivity index (χ1) is 16.0. The first kappa shape index (κ1) is 22.0. The molecule has 4 aromatic rings. The lowest BCUT2D eigenvalue weighted by Gasteiger charge is -2.13. The Morgan fingerprint density at radius 3 is 2.55 bits per heavy atom. The summed E-state index contributed by atoms with van der Waals surface area (Å²) in [5.74, 6) is 0.560. The summed E-state index contributed by atoms with van der Waals surface area (Å²) in [7, 11) is 5.65. The fraction of sp³-hybridized carbons (Fsp3) is 0.200. The number of nitrogens with zero attached hydrogens (tertiary/aromatic N) is 5. The van der Waals surface area contributed by atoms with Gasteiger partial charge in [-0.25, -0.2) is 4.68 Å². The molecule has 0 unspecified atom stereocenters. The van der Waals surface area contributed by atoms with Crippen LogP contribution in [0, 0.1) is 0 Å². The lowest BCUT2D eigenvalue weighted by atomic mass is 10.0. The Labute approximate surface area is 192 Å². The van der Waals surface area contributed by atoms with Gasteiger partial charge < -0.3 is 15.0 Å². The van der Waals surface area contributed by atoms with E-state index in [2.05, 4.69) is 50.0 Å². The van der Waals surface area contributed by atoms with Gasteiger partial charge in [0.2, 0.25) is 0 Å². The average molecular weight is 443 g/mol. The van der Waals surface area contributed by atoms with E-state index in [1.807, 2.05) is 50.5 Å². The van der Waals surface area contributed by atoms with Crippen LogP contribution in [-0.2, 0) is 6.42 Å². The molecule has 0 saturated carbocycles. The van der Waals surface area contributed by atoms with Crippen molar-refractivity contribution in [3.05, 3.63) is 84.2 Å². The van der Waals surface area contributed by atoms with Gasteiger partial charge in [-0.1, -0.05) is 30.3 Å². The lowest BCUT2D eigenvalue weighted by Crippen LogP contribution is -2.26. The third-order valence-corrected chi connectivity index (χ3v) is 5.36. The van der Waals surface area contributed by atoms with Crippen LogP contribution in [0.1, 0.15) is 15.9 Å². The summed E-state index contributed by atoms with van der Waals surface area (Å²) in [5, 5.41) is 14.4. The number of para-hydroxylation sites is 1. The molecule has 0 saturated heterocycles. The smallest absolute Gasteiger partial charge is 0.251 e. The summed E-state index contributed by atoms with van der Waals surface area (Å²) in [6.07, 6.45) is 2.24. The van der Waals surface area contributed by atoms with Crippen molar-refractivity contribution in [3.63, 3.8) is 0 Å². The van der Waals surface area contributed by atoms with Gasteiger partial charge in [-0.3, -0.25) is 4.79 Å². The molecule has 1 aromatic heterocycles. The molecule has 1 N–H and O–H groups in total. The summed E-state index contributed by atoms with van der Waals surface area (Å²) in [6.45, 7) is 0.527. The Morgan fingerprint density at radius 2 is 1.85 bits per heavy atom. The Morgan fingerprint density at radius 1 is 1.06 bits per heavy atom. The molecule has 0 aliphatic heterocycles. The van der Waals surface area contributed by atoms with Gasteiger partial charge in [0.25, 0.3) is 5.91 Å². The zero-order chi connectivity index (χ0) is 23.2. The molecule has 0 fully saturated rings. The number of anilines is 1. The molecule has 1 amide bonds. The molecule has 0 bridgehead atoms. The van der Waals surface area contributed by atoms with Crippen LogP contribution < -0.4 is 15.0 Å². The van der Waals surface area contributed by atoms with E-state index in [0.29, 0.717) is 17.8 Å². The number of carbonyl (C=O) groups excluding carboxylic acids is 1. The van der Waals surface area contributed by atoms with Crippen molar-refractivity contribution in [1.82, 2.24) is 25.5 Å². The zero-order valence-corrected chi connectivity index (χ0v) is 18.9. The first-order valence-corrected chi connectivity index (χ1v) is 10.6. The van der Waals surface area contributed by atoms with Crippen molar-refractivity contribution in [2.24, 2.45) is 0 Å². The molecule has 8 nitrogen and oxygen atoms in total. The molecule has 0 aliphatic carbocycles. The maximum Gasteiger partial charge on any atom is 0.251 e.